The summed E-state index contributed by atoms with van der Waals surface area (Å²) >= 11 is 5.81. The average molecular weight is 607 g/mol. The predicted molar refractivity (Wildman–Crippen MR) is 156 cm³/mol. The number of alkyl halides is 3. The number of thioether (sulfide) groups is 1. The maximum Gasteiger partial charge on any atom is 0.446 e. The van der Waals surface area contributed by atoms with Gasteiger partial charge in [-0.15, -0.1) is 0 Å². The highest BCUT2D eigenvalue weighted by atomic mass is 35.5. The van der Waals surface area contributed by atoms with Gasteiger partial charge in [0.2, 0.25) is 0 Å². The molecule has 8 nitrogen and oxygen atoms in total. The van der Waals surface area contributed by atoms with Crippen molar-refractivity contribution in [1.82, 2.24) is 15.3 Å². The highest BCUT2D eigenvalue weighted by Crippen LogP contribution is 2.46. The van der Waals surface area contributed by atoms with Gasteiger partial charge >= 0.3 is 11.5 Å². The maximum atomic E-state index is 14.5. The molecule has 218 valence electrons. The average Bonchev–Trinajstić information content (AvgIpc) is 3.19. The van der Waals surface area contributed by atoms with Crippen molar-refractivity contribution < 1.29 is 22.8 Å². The molecule has 1 aromatic carbocycles. The summed E-state index contributed by atoms with van der Waals surface area (Å²) < 4.78 is 38.9. The highest BCUT2D eigenvalue weighted by Gasteiger charge is 2.58. The van der Waals surface area contributed by atoms with Gasteiger partial charge in [0.1, 0.15) is 17.2 Å². The number of aromatic nitrogens is 2. The Balaban J connectivity index is 1.82. The smallest absolute Gasteiger partial charge is 0.370 e. The van der Waals surface area contributed by atoms with Gasteiger partial charge in [-0.2, -0.15) is 13.2 Å². The Morgan fingerprint density at radius 1 is 0.951 bits per heavy atom. The van der Waals surface area contributed by atoms with E-state index < -0.39 is 34.8 Å². The second kappa shape index (κ2) is 12.2. The molecule has 1 aliphatic rings. The summed E-state index contributed by atoms with van der Waals surface area (Å²) in [7, 11) is 0. The van der Waals surface area contributed by atoms with Crippen molar-refractivity contribution in [3.8, 4) is 0 Å². The van der Waals surface area contributed by atoms with Crippen molar-refractivity contribution in [2.45, 2.75) is 55.5 Å². The first-order chi connectivity index (χ1) is 19.4. The Morgan fingerprint density at radius 2 is 1.49 bits per heavy atom. The molecular formula is C28H30ClF3N6O2S. The first kappa shape index (κ1) is 30.4. The number of pyridine rings is 2. The van der Waals surface area contributed by atoms with Crippen molar-refractivity contribution in [3.05, 3.63) is 71.0 Å². The number of urea groups is 1. The van der Waals surface area contributed by atoms with Gasteiger partial charge in [-0.3, -0.25) is 4.79 Å². The Bertz CT molecular complexity index is 1380. The lowest BCUT2D eigenvalue weighted by molar-refractivity contribution is -0.123. The Labute approximate surface area is 245 Å². The minimum absolute atomic E-state index is 0.0661. The molecule has 3 amide bonds. The Kier molecular flexibility index (Phi) is 9.03. The van der Waals surface area contributed by atoms with Gasteiger partial charge in [0.05, 0.1) is 10.7 Å². The van der Waals surface area contributed by atoms with E-state index in [9.17, 15) is 22.8 Å². The molecule has 2 unspecified atom stereocenters. The molecule has 1 saturated heterocycles. The number of carbonyl (C=O) groups is 2. The molecule has 1 aliphatic heterocycles. The summed E-state index contributed by atoms with van der Waals surface area (Å²) in [5.74, 6) is -0.415. The number of hydrogen-bond donors (Lipinski definition) is 3. The van der Waals surface area contributed by atoms with Crippen LogP contribution in [0.1, 0.15) is 50.7 Å². The van der Waals surface area contributed by atoms with Gasteiger partial charge in [-0.25, -0.2) is 19.7 Å². The van der Waals surface area contributed by atoms with Crippen LogP contribution in [0.15, 0.2) is 59.8 Å². The van der Waals surface area contributed by atoms with Gasteiger partial charge in [0.15, 0.2) is 0 Å². The SMILES string of the molecule is CCNc1cc(C(C)C2(C(C)c3ccnc(NCC)c3)NC(=O)N(c3ccc(SC(F)(F)F)c(Cl)c3)C2=O)ccn1. The molecule has 0 spiro atoms. The van der Waals surface area contributed by atoms with Crippen LogP contribution in [0.2, 0.25) is 5.02 Å². The van der Waals surface area contributed by atoms with Crippen LogP contribution in [0.25, 0.3) is 0 Å². The number of benzene rings is 1. The van der Waals surface area contributed by atoms with E-state index in [1.165, 1.54) is 12.1 Å². The predicted octanol–water partition coefficient (Wildman–Crippen LogP) is 7.01. The summed E-state index contributed by atoms with van der Waals surface area (Å²) in [6.45, 7) is 8.87. The zero-order valence-corrected chi connectivity index (χ0v) is 24.4. The third-order valence-corrected chi connectivity index (χ3v) is 8.36. The van der Waals surface area contributed by atoms with E-state index in [0.717, 1.165) is 22.1 Å². The molecule has 0 saturated carbocycles. The van der Waals surface area contributed by atoms with Crippen molar-refractivity contribution in [1.29, 1.82) is 0 Å². The number of nitrogens with one attached hydrogen (secondary N) is 3. The van der Waals surface area contributed by atoms with E-state index in [-0.39, 0.29) is 27.4 Å². The first-order valence-electron chi connectivity index (χ1n) is 13.0. The van der Waals surface area contributed by atoms with Crippen LogP contribution in [0.5, 0.6) is 0 Å². The summed E-state index contributed by atoms with van der Waals surface area (Å²) in [5.41, 5.74) is -4.43. The van der Waals surface area contributed by atoms with Crippen LogP contribution in [0.3, 0.4) is 0 Å². The molecule has 3 N–H and O–H groups in total. The number of amides is 3. The standard InChI is InChI=1S/C28H30ClF3N6O2S/c1-5-33-23-13-18(9-11-35-23)16(3)27(17(4)19-10-12-36-24(14-19)34-6-2)25(39)38(26(40)37-27)20-7-8-22(21(29)15-20)41-28(30,31)32/h7-17H,5-6H2,1-4H3,(H,33,35)(H,34,36)(H,37,40). The summed E-state index contributed by atoms with van der Waals surface area (Å²) in [6.07, 6.45) is 3.27. The number of carbonyl (C=O) groups excluding carboxylic acids is 2. The van der Waals surface area contributed by atoms with Gasteiger partial charge < -0.3 is 16.0 Å². The number of anilines is 3. The molecule has 3 aromatic rings. The van der Waals surface area contributed by atoms with Crippen LogP contribution in [-0.2, 0) is 4.79 Å². The van der Waals surface area contributed by atoms with Gasteiger partial charge in [0, 0.05) is 42.2 Å². The second-order valence-corrected chi connectivity index (χ2v) is 11.1. The minimum Gasteiger partial charge on any atom is -0.370 e. The maximum absolute atomic E-state index is 14.5. The zero-order valence-electron chi connectivity index (χ0n) is 22.8. The van der Waals surface area contributed by atoms with Crippen molar-refractivity contribution >= 4 is 52.6 Å². The number of imide groups is 1. The lowest BCUT2D eigenvalue weighted by Crippen LogP contribution is -2.55. The molecule has 0 bridgehead atoms. The zero-order chi connectivity index (χ0) is 29.9. The van der Waals surface area contributed by atoms with E-state index in [2.05, 4.69) is 25.9 Å². The van der Waals surface area contributed by atoms with Gasteiger partial charge in [-0.1, -0.05) is 25.4 Å². The number of halogens is 4. The first-order valence-corrected chi connectivity index (χ1v) is 14.2. The number of hydrogen-bond acceptors (Lipinski definition) is 7. The third kappa shape index (κ3) is 6.23. The molecule has 3 heterocycles. The van der Waals surface area contributed by atoms with Crippen LogP contribution >= 0.6 is 23.4 Å². The van der Waals surface area contributed by atoms with Gasteiger partial charge in [0.25, 0.3) is 5.91 Å². The molecular weight excluding hydrogens is 577 g/mol. The lowest BCUT2D eigenvalue weighted by Gasteiger charge is -2.39. The van der Waals surface area contributed by atoms with Crippen molar-refractivity contribution in [2.24, 2.45) is 0 Å². The minimum atomic E-state index is -4.54. The quantitative estimate of drug-likeness (QED) is 0.169. The Morgan fingerprint density at radius 3 is 1.95 bits per heavy atom. The molecule has 0 aliphatic carbocycles. The molecule has 2 atom stereocenters. The van der Waals surface area contributed by atoms with Crippen molar-refractivity contribution in [3.63, 3.8) is 0 Å². The molecule has 13 heteroatoms. The van der Waals surface area contributed by atoms with Gasteiger partial charge in [-0.05, 0) is 79.2 Å². The van der Waals surface area contributed by atoms with E-state index in [1.54, 1.807) is 24.5 Å². The Hall–Kier alpha value is -3.51. The largest absolute Gasteiger partial charge is 0.446 e. The molecule has 4 rings (SSSR count). The van der Waals surface area contributed by atoms with E-state index in [0.29, 0.717) is 24.7 Å². The van der Waals surface area contributed by atoms with E-state index >= 15 is 0 Å². The summed E-state index contributed by atoms with van der Waals surface area (Å²) in [6, 6.07) is 10.2. The molecule has 2 aromatic heterocycles. The molecule has 1 fully saturated rings. The third-order valence-electron chi connectivity index (χ3n) is 7.12. The fraction of sp³-hybridized carbons (Fsp3) is 0.357. The lowest BCUT2D eigenvalue weighted by atomic mass is 9.70. The fourth-order valence-corrected chi connectivity index (χ4v) is 5.94. The highest BCUT2D eigenvalue weighted by molar-refractivity contribution is 8.00. The van der Waals surface area contributed by atoms with Crippen LogP contribution in [-0.4, -0.2) is 46.0 Å². The fourth-order valence-electron chi connectivity index (χ4n) is 5.11. The topological polar surface area (TPSA) is 99.3 Å². The van der Waals surface area contributed by atoms with Crippen LogP contribution in [0, 0.1) is 0 Å². The van der Waals surface area contributed by atoms with Crippen LogP contribution in [0.4, 0.5) is 35.3 Å². The van der Waals surface area contributed by atoms with Crippen molar-refractivity contribution in [2.75, 3.05) is 28.6 Å². The number of rotatable bonds is 10. The molecule has 0 radical (unpaired) electrons. The normalized spacial score (nSPS) is 18.7. The number of nitrogens with zero attached hydrogens (tertiary/aromatic N) is 3. The van der Waals surface area contributed by atoms with E-state index in [4.69, 9.17) is 11.6 Å². The summed E-state index contributed by atoms with van der Waals surface area (Å²) in [4.78, 5) is 37.4. The summed E-state index contributed by atoms with van der Waals surface area (Å²) in [5, 5.41) is 9.07. The van der Waals surface area contributed by atoms with Crippen LogP contribution < -0.4 is 20.9 Å². The monoisotopic (exact) mass is 606 g/mol. The van der Waals surface area contributed by atoms with E-state index in [1.807, 2.05) is 39.8 Å². The molecule has 41 heavy (non-hydrogen) atoms. The second-order valence-electron chi connectivity index (χ2n) is 9.56.